The van der Waals surface area contributed by atoms with Crippen molar-refractivity contribution in [3.63, 3.8) is 0 Å². The Kier molecular flexibility index (Phi) is 5.06. The number of aromatic nitrogens is 4. The molecule has 0 atom stereocenters. The number of hydrogen-bond acceptors (Lipinski definition) is 6. The van der Waals surface area contributed by atoms with E-state index in [0.717, 1.165) is 4.68 Å². The van der Waals surface area contributed by atoms with E-state index < -0.39 is 17.4 Å². The predicted molar refractivity (Wildman–Crippen MR) is 118 cm³/mol. The summed E-state index contributed by atoms with van der Waals surface area (Å²) in [7, 11) is 0. The Labute approximate surface area is 182 Å². The summed E-state index contributed by atoms with van der Waals surface area (Å²) in [4.78, 5) is 32.6. The van der Waals surface area contributed by atoms with Crippen molar-refractivity contribution in [2.75, 3.05) is 36.5 Å². The van der Waals surface area contributed by atoms with Crippen molar-refractivity contribution < 1.29 is 13.9 Å². The lowest BCUT2D eigenvalue weighted by molar-refractivity contribution is -0.117. The molecule has 0 saturated carbocycles. The maximum absolute atomic E-state index is 13.6. The number of aryl methyl sites for hydroxylation is 1. The second-order valence-electron chi connectivity index (χ2n) is 7.63. The van der Waals surface area contributed by atoms with Gasteiger partial charge < -0.3 is 15.0 Å². The lowest BCUT2D eigenvalue weighted by atomic mass is 10.2. The molecule has 0 aliphatic carbocycles. The van der Waals surface area contributed by atoms with Gasteiger partial charge in [-0.15, -0.1) is 5.10 Å². The number of ether oxygens (including phenoxy) is 1. The van der Waals surface area contributed by atoms with Crippen LogP contribution in [0.1, 0.15) is 5.56 Å². The number of morpholine rings is 1. The second kappa shape index (κ2) is 8.04. The summed E-state index contributed by atoms with van der Waals surface area (Å²) >= 11 is 0. The van der Waals surface area contributed by atoms with E-state index in [1.807, 2.05) is 23.1 Å². The molecule has 4 aromatic rings. The van der Waals surface area contributed by atoms with Crippen LogP contribution in [0.25, 0.3) is 16.7 Å². The van der Waals surface area contributed by atoms with Crippen LogP contribution >= 0.6 is 0 Å². The number of carbonyl (C=O) groups excluding carboxylic acids is 1. The Hall–Kier alpha value is -3.79. The Balaban J connectivity index is 1.56. The van der Waals surface area contributed by atoms with Crippen molar-refractivity contribution in [3.05, 3.63) is 64.3 Å². The van der Waals surface area contributed by atoms with Gasteiger partial charge in [-0.1, -0.05) is 18.2 Å². The molecule has 9 nitrogen and oxygen atoms in total. The molecular formula is C22H21FN6O3. The van der Waals surface area contributed by atoms with E-state index in [1.54, 1.807) is 19.1 Å². The van der Waals surface area contributed by atoms with Crippen molar-refractivity contribution in [2.45, 2.75) is 13.5 Å². The standard InChI is InChI=1S/C22H21FN6O3/c1-14-6-7-15(23)12-17(14)24-19(30)13-28-22(31)29-18-5-3-2-4-16(18)25-20(21(29)26-28)27-8-10-32-11-9-27/h2-7,12H,8-11,13H2,1H3,(H,24,30). The molecule has 164 valence electrons. The highest BCUT2D eigenvalue weighted by atomic mass is 19.1. The SMILES string of the molecule is Cc1ccc(F)cc1NC(=O)Cn1nc2c(N3CCOCC3)nc3ccccc3n2c1=O. The molecule has 1 saturated heterocycles. The maximum atomic E-state index is 13.6. The van der Waals surface area contributed by atoms with Crippen LogP contribution in [0.3, 0.4) is 0 Å². The van der Waals surface area contributed by atoms with Crippen LogP contribution in [0.2, 0.25) is 0 Å². The average Bonchev–Trinajstić information content (AvgIpc) is 3.12. The molecule has 2 aromatic carbocycles. The largest absolute Gasteiger partial charge is 0.378 e. The predicted octanol–water partition coefficient (Wildman–Crippen LogP) is 1.97. The highest BCUT2D eigenvalue weighted by molar-refractivity contribution is 5.91. The molecule has 1 N–H and O–H groups in total. The van der Waals surface area contributed by atoms with Crippen molar-refractivity contribution in [2.24, 2.45) is 0 Å². The summed E-state index contributed by atoms with van der Waals surface area (Å²) in [5.74, 6) is -0.359. The molecule has 3 heterocycles. The zero-order chi connectivity index (χ0) is 22.2. The van der Waals surface area contributed by atoms with Crippen LogP contribution in [0.15, 0.2) is 47.3 Å². The number of amides is 1. The second-order valence-corrected chi connectivity index (χ2v) is 7.63. The molecule has 0 radical (unpaired) electrons. The number of hydrogen-bond donors (Lipinski definition) is 1. The van der Waals surface area contributed by atoms with Gasteiger partial charge in [0.25, 0.3) is 0 Å². The van der Waals surface area contributed by atoms with Crippen LogP contribution in [0, 0.1) is 12.7 Å². The zero-order valence-electron chi connectivity index (χ0n) is 17.4. The van der Waals surface area contributed by atoms with Crippen LogP contribution < -0.4 is 15.9 Å². The summed E-state index contributed by atoms with van der Waals surface area (Å²) in [6.07, 6.45) is 0. The highest BCUT2D eigenvalue weighted by Crippen LogP contribution is 2.23. The highest BCUT2D eigenvalue weighted by Gasteiger charge is 2.22. The average molecular weight is 436 g/mol. The van der Waals surface area contributed by atoms with Gasteiger partial charge in [0.2, 0.25) is 11.6 Å². The minimum atomic E-state index is -0.477. The van der Waals surface area contributed by atoms with Crippen LogP contribution in [-0.4, -0.2) is 51.4 Å². The van der Waals surface area contributed by atoms with Gasteiger partial charge in [-0.2, -0.15) is 0 Å². The third kappa shape index (κ3) is 3.58. The van der Waals surface area contributed by atoms with Crippen molar-refractivity contribution in [3.8, 4) is 0 Å². The molecule has 10 heteroatoms. The van der Waals surface area contributed by atoms with Gasteiger partial charge in [-0.3, -0.25) is 4.79 Å². The van der Waals surface area contributed by atoms with Crippen molar-refractivity contribution in [1.29, 1.82) is 0 Å². The molecule has 1 aliphatic heterocycles. The third-order valence-electron chi connectivity index (χ3n) is 5.47. The number of nitrogens with one attached hydrogen (secondary N) is 1. The van der Waals surface area contributed by atoms with Gasteiger partial charge in [0.05, 0.1) is 24.2 Å². The first-order valence-electron chi connectivity index (χ1n) is 10.3. The Morgan fingerprint density at radius 2 is 1.97 bits per heavy atom. The topological polar surface area (TPSA) is 93.8 Å². The van der Waals surface area contributed by atoms with E-state index in [0.29, 0.717) is 60.1 Å². The number of para-hydroxylation sites is 2. The van der Waals surface area contributed by atoms with Gasteiger partial charge in [0.1, 0.15) is 12.4 Å². The van der Waals surface area contributed by atoms with E-state index in [4.69, 9.17) is 9.72 Å². The van der Waals surface area contributed by atoms with Crippen LogP contribution in [0.4, 0.5) is 15.9 Å². The number of halogens is 1. The number of benzene rings is 2. The lowest BCUT2D eigenvalue weighted by Gasteiger charge is -2.27. The number of nitrogens with zero attached hydrogens (tertiary/aromatic N) is 5. The number of anilines is 2. The fraction of sp³-hybridized carbons (Fsp3) is 0.273. The number of rotatable bonds is 4. The van der Waals surface area contributed by atoms with Gasteiger partial charge in [-0.25, -0.2) is 23.3 Å². The van der Waals surface area contributed by atoms with Crippen molar-refractivity contribution >= 4 is 34.1 Å². The summed E-state index contributed by atoms with van der Waals surface area (Å²) < 4.78 is 21.6. The summed E-state index contributed by atoms with van der Waals surface area (Å²) in [6.45, 7) is 3.82. The molecule has 1 fully saturated rings. The van der Waals surface area contributed by atoms with Gasteiger partial charge in [-0.05, 0) is 36.8 Å². The maximum Gasteiger partial charge on any atom is 0.351 e. The Bertz CT molecular complexity index is 1390. The number of fused-ring (bicyclic) bond motifs is 3. The Morgan fingerprint density at radius 3 is 2.78 bits per heavy atom. The van der Waals surface area contributed by atoms with Gasteiger partial charge >= 0.3 is 5.69 Å². The Morgan fingerprint density at radius 1 is 1.19 bits per heavy atom. The first-order chi connectivity index (χ1) is 15.5. The minimum absolute atomic E-state index is 0.312. The van der Waals surface area contributed by atoms with Gasteiger partial charge in [0.15, 0.2) is 5.82 Å². The first-order valence-corrected chi connectivity index (χ1v) is 10.3. The quantitative estimate of drug-likeness (QED) is 0.526. The molecule has 0 bridgehead atoms. The van der Waals surface area contributed by atoms with Gasteiger partial charge in [0, 0.05) is 18.8 Å². The minimum Gasteiger partial charge on any atom is -0.378 e. The van der Waals surface area contributed by atoms with E-state index >= 15 is 0 Å². The first kappa shape index (κ1) is 20.1. The molecule has 1 amide bonds. The van der Waals surface area contributed by atoms with E-state index in [-0.39, 0.29) is 6.54 Å². The number of carbonyl (C=O) groups is 1. The fourth-order valence-corrected chi connectivity index (χ4v) is 3.83. The summed E-state index contributed by atoms with van der Waals surface area (Å²) in [5, 5.41) is 7.10. The summed E-state index contributed by atoms with van der Waals surface area (Å²) in [6, 6.07) is 11.4. The molecule has 5 rings (SSSR count). The van der Waals surface area contributed by atoms with E-state index in [2.05, 4.69) is 10.4 Å². The monoisotopic (exact) mass is 436 g/mol. The molecule has 0 unspecified atom stereocenters. The smallest absolute Gasteiger partial charge is 0.351 e. The molecule has 2 aromatic heterocycles. The van der Waals surface area contributed by atoms with Crippen LogP contribution in [0.5, 0.6) is 0 Å². The lowest BCUT2D eigenvalue weighted by Crippen LogP contribution is -2.37. The molecule has 0 spiro atoms. The molecule has 32 heavy (non-hydrogen) atoms. The molecule has 1 aliphatic rings. The molecular weight excluding hydrogens is 415 g/mol. The van der Waals surface area contributed by atoms with Crippen LogP contribution in [-0.2, 0) is 16.1 Å². The normalized spacial score (nSPS) is 14.2. The third-order valence-corrected chi connectivity index (χ3v) is 5.47. The fourth-order valence-electron chi connectivity index (χ4n) is 3.83. The van der Waals surface area contributed by atoms with E-state index in [1.165, 1.54) is 16.5 Å². The van der Waals surface area contributed by atoms with E-state index in [9.17, 15) is 14.0 Å². The van der Waals surface area contributed by atoms with Crippen molar-refractivity contribution in [1.82, 2.24) is 19.2 Å². The summed E-state index contributed by atoms with van der Waals surface area (Å²) in [5.41, 5.74) is 2.27. The zero-order valence-corrected chi connectivity index (χ0v) is 17.4.